The van der Waals surface area contributed by atoms with Crippen molar-refractivity contribution in [3.63, 3.8) is 0 Å². The molecule has 0 saturated carbocycles. The molecule has 0 fully saturated rings. The van der Waals surface area contributed by atoms with E-state index in [1.165, 1.54) is 10.6 Å². The third kappa shape index (κ3) is 2.13. The number of aromatic hydroxyl groups is 1. The maximum atomic E-state index is 9.52. The first kappa shape index (κ1) is 11.7. The second-order valence-electron chi connectivity index (χ2n) is 4.78. The van der Waals surface area contributed by atoms with Crippen LogP contribution in [0.25, 0.3) is 10.6 Å². The Morgan fingerprint density at radius 1 is 1.44 bits per heavy atom. The van der Waals surface area contributed by atoms with Gasteiger partial charge in [-0.15, -0.1) is 11.3 Å². The van der Waals surface area contributed by atoms with Crippen LogP contribution in [0, 0.1) is 5.92 Å². The Kier molecular flexibility index (Phi) is 3.06. The Morgan fingerprint density at radius 3 is 3.11 bits per heavy atom. The van der Waals surface area contributed by atoms with Gasteiger partial charge in [-0.3, -0.25) is 0 Å². The summed E-state index contributed by atoms with van der Waals surface area (Å²) in [6.07, 6.45) is 3.24. The zero-order valence-corrected chi connectivity index (χ0v) is 10.9. The molecule has 1 aromatic heterocycles. The number of rotatable bonds is 2. The van der Waals surface area contributed by atoms with Gasteiger partial charge in [0.2, 0.25) is 0 Å². The van der Waals surface area contributed by atoms with Crippen LogP contribution < -0.4 is 5.73 Å². The molecule has 1 unspecified atom stereocenters. The molecular formula is C14H16N2OS. The zero-order valence-electron chi connectivity index (χ0n) is 10.1. The van der Waals surface area contributed by atoms with E-state index >= 15 is 0 Å². The maximum Gasteiger partial charge on any atom is 0.124 e. The summed E-state index contributed by atoms with van der Waals surface area (Å²) in [5, 5.41) is 10.5. The molecule has 94 valence electrons. The van der Waals surface area contributed by atoms with Crippen molar-refractivity contribution in [1.29, 1.82) is 0 Å². The van der Waals surface area contributed by atoms with Crippen LogP contribution in [0.1, 0.15) is 17.0 Å². The summed E-state index contributed by atoms with van der Waals surface area (Å²) < 4.78 is 0. The summed E-state index contributed by atoms with van der Waals surface area (Å²) in [6, 6.07) is 7.30. The third-order valence-corrected chi connectivity index (χ3v) is 4.64. The Bertz CT molecular complexity index is 565. The average molecular weight is 260 g/mol. The smallest absolute Gasteiger partial charge is 0.124 e. The molecule has 0 amide bonds. The van der Waals surface area contributed by atoms with E-state index in [0.29, 0.717) is 11.7 Å². The summed E-state index contributed by atoms with van der Waals surface area (Å²) in [5.41, 5.74) is 7.97. The molecule has 1 aromatic carbocycles. The lowest BCUT2D eigenvalue weighted by Gasteiger charge is -2.18. The summed E-state index contributed by atoms with van der Waals surface area (Å²) in [4.78, 5) is 6.07. The van der Waals surface area contributed by atoms with E-state index in [9.17, 15) is 5.11 Å². The topological polar surface area (TPSA) is 59.1 Å². The molecule has 0 saturated heterocycles. The van der Waals surface area contributed by atoms with Crippen LogP contribution in [-0.2, 0) is 12.8 Å². The number of phenols is 1. The molecule has 3 N–H and O–H groups in total. The summed E-state index contributed by atoms with van der Waals surface area (Å²) in [6.45, 7) is 0.763. The number of aryl methyl sites for hydroxylation is 1. The highest BCUT2D eigenvalue weighted by molar-refractivity contribution is 7.15. The van der Waals surface area contributed by atoms with Gasteiger partial charge in [-0.2, -0.15) is 0 Å². The minimum Gasteiger partial charge on any atom is -0.508 e. The highest BCUT2D eigenvalue weighted by atomic mass is 32.1. The minimum atomic E-state index is 0.292. The molecule has 0 bridgehead atoms. The fourth-order valence-electron chi connectivity index (χ4n) is 2.41. The van der Waals surface area contributed by atoms with Gasteiger partial charge in [-0.25, -0.2) is 4.98 Å². The lowest BCUT2D eigenvalue weighted by molar-refractivity contribution is 0.470. The van der Waals surface area contributed by atoms with Crippen molar-refractivity contribution in [3.8, 4) is 16.3 Å². The molecular weight excluding hydrogens is 244 g/mol. The van der Waals surface area contributed by atoms with Gasteiger partial charge in [-0.1, -0.05) is 12.1 Å². The summed E-state index contributed by atoms with van der Waals surface area (Å²) >= 11 is 1.74. The number of aromatic nitrogens is 1. The number of phenolic OH excluding ortho intramolecular Hbond substituents is 1. The van der Waals surface area contributed by atoms with Gasteiger partial charge in [0.25, 0.3) is 0 Å². The number of nitrogens with zero attached hydrogens (tertiary/aromatic N) is 1. The monoisotopic (exact) mass is 260 g/mol. The molecule has 1 aliphatic carbocycles. The van der Waals surface area contributed by atoms with Crippen LogP contribution in [-0.4, -0.2) is 16.6 Å². The van der Waals surface area contributed by atoms with E-state index in [-0.39, 0.29) is 0 Å². The largest absolute Gasteiger partial charge is 0.508 e. The highest BCUT2D eigenvalue weighted by Gasteiger charge is 2.21. The molecule has 2 aromatic rings. The van der Waals surface area contributed by atoms with Crippen molar-refractivity contribution in [2.45, 2.75) is 19.3 Å². The van der Waals surface area contributed by atoms with E-state index in [0.717, 1.165) is 36.4 Å². The predicted molar refractivity (Wildman–Crippen MR) is 73.8 cm³/mol. The molecule has 3 rings (SSSR count). The van der Waals surface area contributed by atoms with Gasteiger partial charge < -0.3 is 10.8 Å². The van der Waals surface area contributed by atoms with Gasteiger partial charge >= 0.3 is 0 Å². The van der Waals surface area contributed by atoms with Crippen molar-refractivity contribution < 1.29 is 5.11 Å². The lowest BCUT2D eigenvalue weighted by Crippen LogP contribution is -2.21. The standard InChI is InChI=1S/C14H16N2OS/c15-8-9-4-5-12-13(6-9)18-14(16-12)10-2-1-3-11(17)7-10/h1-3,7,9,17H,4-6,8,15H2. The van der Waals surface area contributed by atoms with Crippen LogP contribution in [0.15, 0.2) is 24.3 Å². The van der Waals surface area contributed by atoms with Gasteiger partial charge in [0, 0.05) is 10.4 Å². The van der Waals surface area contributed by atoms with E-state index in [2.05, 4.69) is 0 Å². The number of nitrogens with two attached hydrogens (primary N) is 1. The predicted octanol–water partition coefficient (Wildman–Crippen LogP) is 2.58. The summed E-state index contributed by atoms with van der Waals surface area (Å²) in [5.74, 6) is 0.899. The molecule has 4 heteroatoms. The number of fused-ring (bicyclic) bond motifs is 1. The second-order valence-corrected chi connectivity index (χ2v) is 5.87. The van der Waals surface area contributed by atoms with Crippen LogP contribution in [0.2, 0.25) is 0 Å². The van der Waals surface area contributed by atoms with Crippen molar-refractivity contribution in [3.05, 3.63) is 34.8 Å². The van der Waals surface area contributed by atoms with Crippen LogP contribution >= 0.6 is 11.3 Å². The Morgan fingerprint density at radius 2 is 2.33 bits per heavy atom. The van der Waals surface area contributed by atoms with Gasteiger partial charge in [0.1, 0.15) is 10.8 Å². The molecule has 0 spiro atoms. The molecule has 18 heavy (non-hydrogen) atoms. The van der Waals surface area contributed by atoms with E-state index in [4.69, 9.17) is 10.7 Å². The quantitative estimate of drug-likeness (QED) is 0.872. The maximum absolute atomic E-state index is 9.52. The second kappa shape index (κ2) is 4.71. The number of benzene rings is 1. The third-order valence-electron chi connectivity index (χ3n) is 3.47. The SMILES string of the molecule is NCC1CCc2nc(-c3cccc(O)c3)sc2C1. The Balaban J connectivity index is 1.94. The number of thiazole rings is 1. The van der Waals surface area contributed by atoms with Crippen molar-refractivity contribution in [2.75, 3.05) is 6.54 Å². The Labute approximate surface area is 110 Å². The lowest BCUT2D eigenvalue weighted by atomic mass is 9.91. The normalized spacial score (nSPS) is 18.6. The van der Waals surface area contributed by atoms with Crippen molar-refractivity contribution >= 4 is 11.3 Å². The molecule has 1 heterocycles. The van der Waals surface area contributed by atoms with Crippen LogP contribution in [0.3, 0.4) is 0 Å². The Hall–Kier alpha value is -1.39. The molecule has 0 radical (unpaired) electrons. The fourth-order valence-corrected chi connectivity index (χ4v) is 3.63. The van der Waals surface area contributed by atoms with Gasteiger partial charge in [0.05, 0.1) is 5.69 Å². The molecule has 3 nitrogen and oxygen atoms in total. The number of hydrogen-bond donors (Lipinski definition) is 2. The van der Waals surface area contributed by atoms with Crippen molar-refractivity contribution in [1.82, 2.24) is 4.98 Å². The van der Waals surface area contributed by atoms with E-state index in [1.807, 2.05) is 12.1 Å². The van der Waals surface area contributed by atoms with Crippen LogP contribution in [0.4, 0.5) is 0 Å². The fraction of sp³-hybridized carbons (Fsp3) is 0.357. The van der Waals surface area contributed by atoms with Gasteiger partial charge in [0.15, 0.2) is 0 Å². The first-order valence-electron chi connectivity index (χ1n) is 6.24. The summed E-state index contributed by atoms with van der Waals surface area (Å²) in [7, 11) is 0. The highest BCUT2D eigenvalue weighted by Crippen LogP contribution is 2.35. The van der Waals surface area contributed by atoms with E-state index < -0.39 is 0 Å². The number of hydrogen-bond acceptors (Lipinski definition) is 4. The first-order chi connectivity index (χ1) is 8.76. The average Bonchev–Trinajstić information content (AvgIpc) is 2.81. The van der Waals surface area contributed by atoms with E-state index in [1.54, 1.807) is 23.5 Å². The zero-order chi connectivity index (χ0) is 12.5. The molecule has 1 aliphatic rings. The molecule has 1 atom stereocenters. The van der Waals surface area contributed by atoms with Crippen LogP contribution in [0.5, 0.6) is 5.75 Å². The van der Waals surface area contributed by atoms with Crippen molar-refractivity contribution in [2.24, 2.45) is 11.7 Å². The minimum absolute atomic E-state index is 0.292. The van der Waals surface area contributed by atoms with Gasteiger partial charge in [-0.05, 0) is 43.9 Å². The first-order valence-corrected chi connectivity index (χ1v) is 7.06. The molecule has 0 aliphatic heterocycles.